The Bertz CT molecular complexity index is 1510. The summed E-state index contributed by atoms with van der Waals surface area (Å²) in [6.45, 7) is 7.64. The molecule has 1 aliphatic heterocycles. The van der Waals surface area contributed by atoms with Gasteiger partial charge in [0.15, 0.2) is 17.2 Å². The molecule has 5 rings (SSSR count). The lowest BCUT2D eigenvalue weighted by Crippen LogP contribution is -2.55. The first kappa shape index (κ1) is 27.7. The van der Waals surface area contributed by atoms with Crippen molar-refractivity contribution in [3.63, 3.8) is 0 Å². The molecule has 0 spiro atoms. The van der Waals surface area contributed by atoms with Crippen LogP contribution in [0.2, 0.25) is 0 Å². The summed E-state index contributed by atoms with van der Waals surface area (Å²) in [6, 6.07) is 4.68. The standard InChI is InChI=1S/C29H32F3N5O3/c1-18-14-24(39-5)23(36-16-19(2)33-17-36)11-10-22(18)25-34-35-26-28(27(3,4)38,12-7-13-37(25)26)40-21-9-6-8-20(15-21)29(30,31)32/h6,8-11,14-18,38H,7,12-13H2,1-5H3/t18-,28?/m1/s1. The van der Waals surface area contributed by atoms with Gasteiger partial charge >= 0.3 is 6.18 Å². The number of fused-ring (bicyclic) bond motifs is 1. The predicted molar refractivity (Wildman–Crippen MR) is 143 cm³/mol. The Balaban J connectivity index is 1.60. The highest BCUT2D eigenvalue weighted by Crippen LogP contribution is 2.45. The van der Waals surface area contributed by atoms with E-state index in [1.54, 1.807) is 27.3 Å². The molecule has 0 amide bonds. The van der Waals surface area contributed by atoms with Crippen LogP contribution in [0.3, 0.4) is 0 Å². The molecule has 2 aromatic heterocycles. The van der Waals surface area contributed by atoms with Crippen LogP contribution in [0.1, 0.15) is 56.5 Å². The van der Waals surface area contributed by atoms with Crippen molar-refractivity contribution < 1.29 is 27.8 Å². The van der Waals surface area contributed by atoms with Crippen molar-refractivity contribution in [1.29, 1.82) is 0 Å². The van der Waals surface area contributed by atoms with E-state index in [1.807, 2.05) is 47.4 Å². The summed E-state index contributed by atoms with van der Waals surface area (Å²) in [6.07, 6.45) is 5.93. The number of hydrogen-bond donors (Lipinski definition) is 1. The molecular formula is C29H32F3N5O3. The second-order valence-electron chi connectivity index (χ2n) is 10.7. The average Bonchev–Trinajstić information content (AvgIpc) is 3.47. The van der Waals surface area contributed by atoms with Crippen molar-refractivity contribution >= 4 is 11.3 Å². The van der Waals surface area contributed by atoms with E-state index in [0.717, 1.165) is 29.1 Å². The Kier molecular flexibility index (Phi) is 6.89. The summed E-state index contributed by atoms with van der Waals surface area (Å²) in [7, 11) is 1.61. The number of aryl methyl sites for hydroxylation is 1. The van der Waals surface area contributed by atoms with Crippen molar-refractivity contribution in [3.8, 4) is 5.75 Å². The molecule has 1 N–H and O–H groups in total. The molecule has 0 bridgehead atoms. The minimum absolute atomic E-state index is 0.00660. The van der Waals surface area contributed by atoms with Crippen LogP contribution in [0.15, 0.2) is 60.8 Å². The minimum atomic E-state index is -4.53. The van der Waals surface area contributed by atoms with Crippen LogP contribution in [-0.2, 0) is 23.1 Å². The van der Waals surface area contributed by atoms with E-state index in [4.69, 9.17) is 9.47 Å². The number of aliphatic hydroxyl groups is 1. The zero-order chi connectivity index (χ0) is 28.9. The predicted octanol–water partition coefficient (Wildman–Crippen LogP) is 5.75. The zero-order valence-corrected chi connectivity index (χ0v) is 23.0. The lowest BCUT2D eigenvalue weighted by Gasteiger charge is -2.45. The molecule has 40 heavy (non-hydrogen) atoms. The number of methoxy groups -OCH3 is 1. The molecule has 11 heteroatoms. The van der Waals surface area contributed by atoms with Gasteiger partial charge in [-0.2, -0.15) is 13.2 Å². The number of allylic oxidation sites excluding steroid dienone is 5. The van der Waals surface area contributed by atoms with Crippen molar-refractivity contribution in [3.05, 3.63) is 83.7 Å². The Morgan fingerprint density at radius 3 is 2.58 bits per heavy atom. The van der Waals surface area contributed by atoms with Gasteiger partial charge in [-0.15, -0.1) is 10.2 Å². The third-order valence-corrected chi connectivity index (χ3v) is 7.50. The van der Waals surface area contributed by atoms with Crippen LogP contribution >= 0.6 is 0 Å². The molecule has 2 atom stereocenters. The summed E-state index contributed by atoms with van der Waals surface area (Å²) in [5.74, 6) is 1.50. The number of nitrogens with zero attached hydrogens (tertiary/aromatic N) is 5. The average molecular weight is 556 g/mol. The number of halogens is 3. The van der Waals surface area contributed by atoms with E-state index in [2.05, 4.69) is 15.2 Å². The van der Waals surface area contributed by atoms with E-state index < -0.39 is 22.9 Å². The molecule has 0 radical (unpaired) electrons. The lowest BCUT2D eigenvalue weighted by atomic mass is 9.79. The van der Waals surface area contributed by atoms with Gasteiger partial charge in [-0.05, 0) is 64.0 Å². The second kappa shape index (κ2) is 9.96. The Hall–Kier alpha value is -3.86. The molecule has 0 fully saturated rings. The number of benzene rings is 1. The summed E-state index contributed by atoms with van der Waals surface area (Å²) >= 11 is 0. The SMILES string of the molecule is COC1=C[C@@H](C)C(c2nnc3n2CCCC3(Oc2cccc(C(F)(F)F)c2)C(C)(C)O)=CC=C1n1cnc(C)c1. The first-order valence-corrected chi connectivity index (χ1v) is 13.1. The van der Waals surface area contributed by atoms with E-state index >= 15 is 0 Å². The first-order chi connectivity index (χ1) is 18.8. The van der Waals surface area contributed by atoms with Gasteiger partial charge in [0.05, 0.1) is 30.4 Å². The van der Waals surface area contributed by atoms with Gasteiger partial charge in [0.1, 0.15) is 17.1 Å². The van der Waals surface area contributed by atoms with Crippen LogP contribution in [0.4, 0.5) is 13.2 Å². The number of rotatable bonds is 6. The van der Waals surface area contributed by atoms with E-state index in [-0.39, 0.29) is 11.7 Å². The van der Waals surface area contributed by atoms with E-state index in [0.29, 0.717) is 36.8 Å². The fraction of sp³-hybridized carbons (Fsp3) is 0.414. The zero-order valence-electron chi connectivity index (χ0n) is 23.0. The highest BCUT2D eigenvalue weighted by molar-refractivity contribution is 5.75. The highest BCUT2D eigenvalue weighted by Gasteiger charge is 2.54. The van der Waals surface area contributed by atoms with Gasteiger partial charge in [0.2, 0.25) is 0 Å². The molecule has 1 aromatic carbocycles. The molecular weight excluding hydrogens is 523 g/mol. The lowest BCUT2D eigenvalue weighted by molar-refractivity contribution is -0.141. The van der Waals surface area contributed by atoms with Gasteiger partial charge in [-0.25, -0.2) is 4.98 Å². The summed E-state index contributed by atoms with van der Waals surface area (Å²) in [5, 5.41) is 20.4. The molecule has 0 saturated heterocycles. The normalized spacial score (nSPS) is 21.6. The van der Waals surface area contributed by atoms with Crippen LogP contribution in [0.5, 0.6) is 5.75 Å². The van der Waals surface area contributed by atoms with Crippen molar-refractivity contribution in [2.24, 2.45) is 5.92 Å². The summed E-state index contributed by atoms with van der Waals surface area (Å²) < 4.78 is 56.1. The van der Waals surface area contributed by atoms with Gasteiger partial charge in [-0.3, -0.25) is 0 Å². The van der Waals surface area contributed by atoms with Gasteiger partial charge < -0.3 is 23.7 Å². The van der Waals surface area contributed by atoms with Crippen LogP contribution in [-0.4, -0.2) is 42.1 Å². The summed E-state index contributed by atoms with van der Waals surface area (Å²) in [5.41, 5.74) is -1.22. The second-order valence-corrected chi connectivity index (χ2v) is 10.7. The number of aromatic nitrogens is 5. The molecule has 1 aliphatic carbocycles. The third kappa shape index (κ3) is 4.83. The Morgan fingerprint density at radius 2 is 1.93 bits per heavy atom. The number of imidazole rings is 1. The molecule has 1 unspecified atom stereocenters. The van der Waals surface area contributed by atoms with Crippen LogP contribution in [0.25, 0.3) is 11.3 Å². The first-order valence-electron chi connectivity index (χ1n) is 13.1. The van der Waals surface area contributed by atoms with Crippen molar-refractivity contribution in [2.45, 2.75) is 64.5 Å². The summed E-state index contributed by atoms with van der Waals surface area (Å²) in [4.78, 5) is 4.32. The molecule has 0 saturated carbocycles. The molecule has 2 aliphatic rings. The fourth-order valence-electron chi connectivity index (χ4n) is 5.39. The molecule has 3 heterocycles. The highest BCUT2D eigenvalue weighted by atomic mass is 19.4. The van der Waals surface area contributed by atoms with Crippen molar-refractivity contribution in [1.82, 2.24) is 24.3 Å². The van der Waals surface area contributed by atoms with E-state index in [9.17, 15) is 18.3 Å². The van der Waals surface area contributed by atoms with E-state index in [1.165, 1.54) is 12.1 Å². The van der Waals surface area contributed by atoms with Crippen molar-refractivity contribution in [2.75, 3.05) is 7.11 Å². The van der Waals surface area contributed by atoms with Gasteiger partial charge in [0.25, 0.3) is 0 Å². The number of alkyl halides is 3. The molecule has 8 nitrogen and oxygen atoms in total. The molecule has 212 valence electrons. The Labute approximate surface area is 230 Å². The number of hydrogen-bond acceptors (Lipinski definition) is 6. The minimum Gasteiger partial charge on any atom is -0.495 e. The van der Waals surface area contributed by atoms with Crippen LogP contribution in [0, 0.1) is 12.8 Å². The Morgan fingerprint density at radius 1 is 1.15 bits per heavy atom. The largest absolute Gasteiger partial charge is 0.495 e. The topological polar surface area (TPSA) is 87.2 Å². The number of ether oxygens (including phenoxy) is 2. The quantitative estimate of drug-likeness (QED) is 0.417. The van der Waals surface area contributed by atoms with Gasteiger partial charge in [0, 0.05) is 24.2 Å². The van der Waals surface area contributed by atoms with Gasteiger partial charge in [-0.1, -0.05) is 19.1 Å². The smallest absolute Gasteiger partial charge is 0.416 e. The maximum Gasteiger partial charge on any atom is 0.416 e. The third-order valence-electron chi connectivity index (χ3n) is 7.50. The van der Waals surface area contributed by atoms with Crippen LogP contribution < -0.4 is 4.74 Å². The maximum atomic E-state index is 13.4. The monoisotopic (exact) mass is 555 g/mol. The fourth-order valence-corrected chi connectivity index (χ4v) is 5.39. The molecule has 3 aromatic rings. The maximum absolute atomic E-state index is 13.4.